The number of amides is 1. The van der Waals surface area contributed by atoms with Gasteiger partial charge in [-0.25, -0.2) is 4.79 Å². The minimum Gasteiger partial charge on any atom is -0.444 e. The quantitative estimate of drug-likeness (QED) is 0.774. The number of fused-ring (bicyclic) bond motifs is 2. The summed E-state index contributed by atoms with van der Waals surface area (Å²) in [4.78, 5) is 28.4. The molecule has 2 atom stereocenters. The zero-order valence-electron chi connectivity index (χ0n) is 13.0. The second-order valence-electron chi connectivity index (χ2n) is 6.94. The molecule has 2 aliphatic rings. The van der Waals surface area contributed by atoms with E-state index in [0.29, 0.717) is 18.9 Å². The number of rotatable bonds is 2. The molecule has 5 nitrogen and oxygen atoms in total. The molecule has 0 aromatic carbocycles. The van der Waals surface area contributed by atoms with Gasteiger partial charge in [0.05, 0.1) is 0 Å². The molecule has 0 N–H and O–H groups in total. The van der Waals surface area contributed by atoms with E-state index in [1.165, 1.54) is 0 Å². The third kappa shape index (κ3) is 3.51. The van der Waals surface area contributed by atoms with Crippen molar-refractivity contribution in [3.63, 3.8) is 0 Å². The maximum atomic E-state index is 12.2. The third-order valence-electron chi connectivity index (χ3n) is 3.83. The average Bonchev–Trinajstić information content (AvgIpc) is 2.28. The summed E-state index contributed by atoms with van der Waals surface area (Å²) in [6.45, 7) is 11.4. The van der Waals surface area contributed by atoms with Gasteiger partial charge in [0.15, 0.2) is 0 Å². The van der Waals surface area contributed by atoms with Crippen LogP contribution in [0.15, 0.2) is 0 Å². The molecule has 20 heavy (non-hydrogen) atoms. The van der Waals surface area contributed by atoms with Crippen LogP contribution in [0.5, 0.6) is 0 Å². The molecule has 2 bridgehead atoms. The van der Waals surface area contributed by atoms with Crippen molar-refractivity contribution < 1.29 is 14.3 Å². The second-order valence-corrected chi connectivity index (χ2v) is 6.94. The van der Waals surface area contributed by atoms with E-state index in [1.807, 2.05) is 20.8 Å². The molecule has 0 unspecified atom stereocenters. The van der Waals surface area contributed by atoms with Gasteiger partial charge in [-0.1, -0.05) is 6.92 Å². The van der Waals surface area contributed by atoms with Crippen molar-refractivity contribution in [2.24, 2.45) is 11.8 Å². The lowest BCUT2D eigenvalue weighted by atomic mass is 9.83. The van der Waals surface area contributed by atoms with Crippen LogP contribution in [-0.4, -0.2) is 60.0 Å². The number of piperidine rings is 2. The predicted molar refractivity (Wildman–Crippen MR) is 76.5 cm³/mol. The first-order valence-corrected chi connectivity index (χ1v) is 7.54. The molecule has 0 aromatic heterocycles. The number of ketones is 1. The Balaban J connectivity index is 1.99. The molecule has 2 aliphatic heterocycles. The molecule has 0 aliphatic carbocycles. The summed E-state index contributed by atoms with van der Waals surface area (Å²) >= 11 is 0. The van der Waals surface area contributed by atoms with Crippen molar-refractivity contribution in [1.29, 1.82) is 0 Å². The Kier molecular flexibility index (Phi) is 4.37. The number of hydrogen-bond donors (Lipinski definition) is 0. The van der Waals surface area contributed by atoms with Crippen LogP contribution in [0.4, 0.5) is 4.79 Å². The lowest BCUT2D eigenvalue weighted by molar-refractivity contribution is -0.136. The Labute approximate surface area is 121 Å². The number of likely N-dealkylation sites (tertiary alicyclic amines) is 2. The van der Waals surface area contributed by atoms with Crippen molar-refractivity contribution in [2.75, 3.05) is 32.7 Å². The Morgan fingerprint density at radius 3 is 2.20 bits per heavy atom. The first-order chi connectivity index (χ1) is 9.30. The predicted octanol–water partition coefficient (Wildman–Crippen LogP) is 1.76. The van der Waals surface area contributed by atoms with E-state index in [-0.39, 0.29) is 17.9 Å². The fraction of sp³-hybridized carbons (Fsp3) is 0.867. The van der Waals surface area contributed by atoms with Crippen LogP contribution >= 0.6 is 0 Å². The van der Waals surface area contributed by atoms with Crippen molar-refractivity contribution in [3.8, 4) is 0 Å². The van der Waals surface area contributed by atoms with Crippen LogP contribution in [0.25, 0.3) is 0 Å². The van der Waals surface area contributed by atoms with Crippen LogP contribution in [0.2, 0.25) is 0 Å². The Bertz CT molecular complexity index is 371. The molecular formula is C15H26N2O3. The topological polar surface area (TPSA) is 49.9 Å². The fourth-order valence-corrected chi connectivity index (χ4v) is 3.09. The standard InChI is InChI=1S/C15H26N2O3/c1-5-6-16-7-11-9-17(10-12(8-16)13(11)18)14(19)20-15(2,3)4/h11-12H,5-10H2,1-4H3/t11-,12-/m0/s1. The summed E-state index contributed by atoms with van der Waals surface area (Å²) in [5.74, 6) is 0.250. The fourth-order valence-electron chi connectivity index (χ4n) is 3.09. The average molecular weight is 282 g/mol. The first kappa shape index (κ1) is 15.3. The summed E-state index contributed by atoms with van der Waals surface area (Å²) in [5, 5.41) is 0. The van der Waals surface area contributed by atoms with Crippen molar-refractivity contribution in [3.05, 3.63) is 0 Å². The molecule has 114 valence electrons. The third-order valence-corrected chi connectivity index (χ3v) is 3.83. The highest BCUT2D eigenvalue weighted by Gasteiger charge is 2.43. The first-order valence-electron chi connectivity index (χ1n) is 7.54. The van der Waals surface area contributed by atoms with Gasteiger partial charge in [0, 0.05) is 38.0 Å². The number of carbonyl (C=O) groups is 2. The minimum absolute atomic E-state index is 0.0402. The van der Waals surface area contributed by atoms with E-state index in [4.69, 9.17) is 4.74 Å². The van der Waals surface area contributed by atoms with Crippen molar-refractivity contribution in [2.45, 2.75) is 39.7 Å². The van der Waals surface area contributed by atoms with Crippen LogP contribution in [0.1, 0.15) is 34.1 Å². The summed E-state index contributed by atoms with van der Waals surface area (Å²) < 4.78 is 5.41. The molecular weight excluding hydrogens is 256 g/mol. The van der Waals surface area contributed by atoms with Crippen LogP contribution in [-0.2, 0) is 9.53 Å². The molecule has 0 radical (unpaired) electrons. The van der Waals surface area contributed by atoms with Gasteiger partial charge in [-0.3, -0.25) is 4.79 Å². The maximum Gasteiger partial charge on any atom is 0.410 e. The van der Waals surface area contributed by atoms with Crippen molar-refractivity contribution >= 4 is 11.9 Å². The van der Waals surface area contributed by atoms with Crippen LogP contribution < -0.4 is 0 Å². The highest BCUT2D eigenvalue weighted by molar-refractivity contribution is 5.87. The summed E-state index contributed by atoms with van der Waals surface area (Å²) in [5.41, 5.74) is -0.484. The number of hydrogen-bond acceptors (Lipinski definition) is 4. The molecule has 0 aromatic rings. The van der Waals surface area contributed by atoms with E-state index in [0.717, 1.165) is 26.1 Å². The van der Waals surface area contributed by atoms with Gasteiger partial charge in [-0.2, -0.15) is 0 Å². The van der Waals surface area contributed by atoms with Gasteiger partial charge in [0.25, 0.3) is 0 Å². The minimum atomic E-state index is -0.484. The van der Waals surface area contributed by atoms with Gasteiger partial charge < -0.3 is 14.5 Å². The molecule has 2 rings (SSSR count). The summed E-state index contributed by atoms with van der Waals surface area (Å²) in [6.07, 6.45) is 0.813. The maximum absolute atomic E-state index is 12.2. The van der Waals surface area contributed by atoms with Gasteiger partial charge in [0.1, 0.15) is 11.4 Å². The molecule has 0 spiro atoms. The van der Waals surface area contributed by atoms with E-state index >= 15 is 0 Å². The molecule has 0 saturated carbocycles. The van der Waals surface area contributed by atoms with Gasteiger partial charge in [-0.05, 0) is 33.7 Å². The highest BCUT2D eigenvalue weighted by Crippen LogP contribution is 2.26. The normalized spacial score (nSPS) is 27.6. The number of ether oxygens (including phenoxy) is 1. The molecule has 2 heterocycles. The largest absolute Gasteiger partial charge is 0.444 e. The smallest absolute Gasteiger partial charge is 0.410 e. The summed E-state index contributed by atoms with van der Waals surface area (Å²) in [6, 6.07) is 0. The molecule has 1 amide bonds. The molecule has 5 heteroatoms. The number of carbonyl (C=O) groups excluding carboxylic acids is 2. The Morgan fingerprint density at radius 1 is 1.20 bits per heavy atom. The Morgan fingerprint density at radius 2 is 1.75 bits per heavy atom. The monoisotopic (exact) mass is 282 g/mol. The number of Topliss-reactive ketones (excluding diaryl/α,β-unsaturated/α-hetero) is 1. The van der Waals surface area contributed by atoms with E-state index in [2.05, 4.69) is 11.8 Å². The highest BCUT2D eigenvalue weighted by atomic mass is 16.6. The zero-order valence-corrected chi connectivity index (χ0v) is 13.0. The van der Waals surface area contributed by atoms with E-state index in [1.54, 1.807) is 4.90 Å². The van der Waals surface area contributed by atoms with Crippen LogP contribution in [0, 0.1) is 11.8 Å². The lowest BCUT2D eigenvalue weighted by Crippen LogP contribution is -2.59. The lowest BCUT2D eigenvalue weighted by Gasteiger charge is -2.44. The molecule has 2 saturated heterocycles. The van der Waals surface area contributed by atoms with Gasteiger partial charge in [-0.15, -0.1) is 0 Å². The van der Waals surface area contributed by atoms with E-state index in [9.17, 15) is 9.59 Å². The summed E-state index contributed by atoms with van der Waals surface area (Å²) in [7, 11) is 0. The van der Waals surface area contributed by atoms with Crippen molar-refractivity contribution in [1.82, 2.24) is 9.80 Å². The SMILES string of the molecule is CCCN1C[C@H]2CN(C(=O)OC(C)(C)C)C[C@H](C1)C2=O. The van der Waals surface area contributed by atoms with E-state index < -0.39 is 5.60 Å². The molecule has 2 fully saturated rings. The zero-order chi connectivity index (χ0) is 14.9. The van der Waals surface area contributed by atoms with Gasteiger partial charge in [0.2, 0.25) is 0 Å². The van der Waals surface area contributed by atoms with Crippen LogP contribution in [0.3, 0.4) is 0 Å². The number of nitrogens with zero attached hydrogens (tertiary/aromatic N) is 2. The Hall–Kier alpha value is -1.10. The second kappa shape index (κ2) is 5.72. The van der Waals surface area contributed by atoms with Gasteiger partial charge >= 0.3 is 6.09 Å².